The summed E-state index contributed by atoms with van der Waals surface area (Å²) in [5, 5.41) is 0. The molecule has 0 N–H and O–H groups in total. The van der Waals surface area contributed by atoms with E-state index in [9.17, 15) is 0 Å². The van der Waals surface area contributed by atoms with Crippen LogP contribution in [0.15, 0.2) is 58.3 Å². The zero-order valence-electron chi connectivity index (χ0n) is 20.3. The van der Waals surface area contributed by atoms with Crippen LogP contribution in [0.2, 0.25) is 0 Å². The van der Waals surface area contributed by atoms with E-state index in [4.69, 9.17) is 34.8 Å². The lowest BCUT2D eigenvalue weighted by Gasteiger charge is -2.37. The van der Waals surface area contributed by atoms with Crippen molar-refractivity contribution in [1.82, 2.24) is 9.80 Å². The molecule has 0 radical (unpaired) electrons. The zero-order valence-corrected chi connectivity index (χ0v) is 25.0. The van der Waals surface area contributed by atoms with Crippen molar-refractivity contribution in [1.29, 1.82) is 0 Å². The first-order valence-electron chi connectivity index (χ1n) is 11.4. The molecule has 0 saturated carbocycles. The lowest BCUT2D eigenvalue weighted by molar-refractivity contribution is 0.236. The summed E-state index contributed by atoms with van der Waals surface area (Å²) in [4.78, 5) is 9.87. The van der Waals surface area contributed by atoms with Gasteiger partial charge in [0.25, 0.3) is 0 Å². The van der Waals surface area contributed by atoms with Gasteiger partial charge in [0.05, 0.1) is 11.4 Å². The third kappa shape index (κ3) is 10.1. The second kappa shape index (κ2) is 19.1. The largest absolute Gasteiger partial charge is 0.338 e. The minimum atomic E-state index is 0. The number of anilines is 2. The first-order valence-corrected chi connectivity index (χ1v) is 13.8. The predicted molar refractivity (Wildman–Crippen MR) is 159 cm³/mol. The fraction of sp³-hybridized carbons (Fsp3) is 0.520. The number of fused-ring (bicyclic) bond motifs is 2. The molecule has 9 heteroatoms. The van der Waals surface area contributed by atoms with E-state index in [1.165, 1.54) is 21.2 Å². The summed E-state index contributed by atoms with van der Waals surface area (Å²) in [6, 6.07) is 18.0. The minimum Gasteiger partial charge on any atom is -0.338 e. The highest BCUT2D eigenvalue weighted by molar-refractivity contribution is 7.99. The number of hydrogen-bond acceptors (Lipinski definition) is 4. The maximum absolute atomic E-state index is 5.54. The van der Waals surface area contributed by atoms with Crippen LogP contribution in [-0.4, -0.2) is 72.8 Å². The normalized spacial score (nSPS) is 12.6. The van der Waals surface area contributed by atoms with E-state index in [-0.39, 0.29) is 24.8 Å². The number of halogens is 5. The summed E-state index contributed by atoms with van der Waals surface area (Å²) in [5.74, 6) is 1.94. The number of likely N-dealkylation sites (N-methyl/N-ethyl adjacent to an activating group) is 1. The molecule has 1 atom stereocenters. The second-order valence-electron chi connectivity index (χ2n) is 7.63. The first-order chi connectivity index (χ1) is 15.6. The third-order valence-corrected chi connectivity index (χ3v) is 7.25. The summed E-state index contributed by atoms with van der Waals surface area (Å²) in [7, 11) is 0. The first kappa shape index (κ1) is 34.0. The van der Waals surface area contributed by atoms with Gasteiger partial charge in [-0.15, -0.1) is 59.6 Å². The molecule has 3 nitrogen and oxygen atoms in total. The minimum absolute atomic E-state index is 0. The zero-order chi connectivity index (χ0) is 23.3. The lowest BCUT2D eigenvalue weighted by Crippen LogP contribution is -2.41. The van der Waals surface area contributed by atoms with Gasteiger partial charge >= 0.3 is 0 Å². The third-order valence-electron chi connectivity index (χ3n) is 5.62. The molecule has 0 spiro atoms. The fourth-order valence-corrected chi connectivity index (χ4v) is 5.71. The van der Waals surface area contributed by atoms with Crippen molar-refractivity contribution in [3.63, 3.8) is 0 Å². The van der Waals surface area contributed by atoms with Crippen LogP contribution in [0.4, 0.5) is 11.4 Å². The molecule has 3 rings (SSSR count). The Kier molecular flexibility index (Phi) is 19.1. The molecule has 0 saturated heterocycles. The van der Waals surface area contributed by atoms with Gasteiger partial charge in [0, 0.05) is 59.7 Å². The highest BCUT2D eigenvalue weighted by Crippen LogP contribution is 2.47. The molecule has 194 valence electrons. The number of hydrogen-bond donors (Lipinski definition) is 0. The Labute approximate surface area is 238 Å². The van der Waals surface area contributed by atoms with Crippen LogP contribution in [-0.2, 0) is 0 Å². The van der Waals surface area contributed by atoms with Crippen molar-refractivity contribution in [2.45, 2.75) is 36.6 Å². The predicted octanol–water partition coefficient (Wildman–Crippen LogP) is 7.87. The molecule has 1 heterocycles. The molecule has 1 unspecified atom stereocenters. The Bertz CT molecular complexity index is 735. The van der Waals surface area contributed by atoms with Crippen molar-refractivity contribution >= 4 is 82.8 Å². The molecule has 0 aliphatic carbocycles. The molecule has 0 amide bonds. The highest BCUT2D eigenvalue weighted by atomic mass is 35.5. The highest BCUT2D eigenvalue weighted by Gasteiger charge is 2.25. The van der Waals surface area contributed by atoms with Gasteiger partial charge in [0.15, 0.2) is 0 Å². The van der Waals surface area contributed by atoms with Gasteiger partial charge < -0.3 is 4.90 Å². The number of alkyl halides is 3. The van der Waals surface area contributed by atoms with Gasteiger partial charge in [-0.2, -0.15) is 0 Å². The van der Waals surface area contributed by atoms with Crippen molar-refractivity contribution in [3.05, 3.63) is 48.5 Å². The topological polar surface area (TPSA) is 9.72 Å². The monoisotopic (exact) mass is 587 g/mol. The summed E-state index contributed by atoms with van der Waals surface area (Å²) >= 11 is 18.5. The van der Waals surface area contributed by atoms with Gasteiger partial charge in [-0.3, -0.25) is 9.80 Å². The van der Waals surface area contributed by atoms with Crippen LogP contribution >= 0.6 is 71.4 Å². The van der Waals surface area contributed by atoms with Gasteiger partial charge in [-0.05, 0) is 44.3 Å². The van der Waals surface area contributed by atoms with Crippen LogP contribution in [0.3, 0.4) is 0 Å². The van der Waals surface area contributed by atoms with E-state index in [0.29, 0.717) is 23.7 Å². The van der Waals surface area contributed by atoms with E-state index < -0.39 is 0 Å². The summed E-state index contributed by atoms with van der Waals surface area (Å²) in [5.41, 5.74) is 2.68. The lowest BCUT2D eigenvalue weighted by atomic mass is 10.1. The fourth-order valence-electron chi connectivity index (χ4n) is 3.90. The maximum atomic E-state index is 5.54. The van der Waals surface area contributed by atoms with E-state index in [2.05, 4.69) is 84.0 Å². The molecule has 2 aromatic rings. The number of benzene rings is 2. The SMILES string of the molecule is CCN(CC)C(C)CN1c2ccccc2Sc2ccccc21.Cl.Cl.ClCCN(CCCl)CCCl. The number of rotatable bonds is 11. The Morgan fingerprint density at radius 3 is 1.56 bits per heavy atom. The summed E-state index contributed by atoms with van der Waals surface area (Å²) < 4.78 is 0. The van der Waals surface area contributed by atoms with E-state index >= 15 is 0 Å². The van der Waals surface area contributed by atoms with E-state index in [1.807, 2.05) is 11.8 Å². The molecule has 0 aromatic heterocycles. The molecule has 34 heavy (non-hydrogen) atoms. The average molecular weight is 590 g/mol. The van der Waals surface area contributed by atoms with E-state index in [1.54, 1.807) is 0 Å². The van der Waals surface area contributed by atoms with Crippen LogP contribution < -0.4 is 4.90 Å². The Hall–Kier alpha value is -0.0400. The van der Waals surface area contributed by atoms with Crippen LogP contribution in [0.25, 0.3) is 0 Å². The van der Waals surface area contributed by atoms with Gasteiger partial charge in [-0.1, -0.05) is 49.9 Å². The Morgan fingerprint density at radius 1 is 0.765 bits per heavy atom. The average Bonchev–Trinajstić information content (AvgIpc) is 2.81. The van der Waals surface area contributed by atoms with Gasteiger partial charge in [-0.25, -0.2) is 0 Å². The maximum Gasteiger partial charge on any atom is 0.0553 e. The van der Waals surface area contributed by atoms with Crippen LogP contribution in [0.1, 0.15) is 20.8 Å². The molecule has 0 fully saturated rings. The molecule has 1 aliphatic rings. The molecular weight excluding hydrogens is 552 g/mol. The number of nitrogens with zero attached hydrogens (tertiary/aromatic N) is 3. The van der Waals surface area contributed by atoms with Gasteiger partial charge in [0.2, 0.25) is 0 Å². The molecule has 1 aliphatic heterocycles. The second-order valence-corrected chi connectivity index (χ2v) is 9.84. The Balaban J connectivity index is 0.000000784. The summed E-state index contributed by atoms with van der Waals surface area (Å²) in [6.07, 6.45) is 0. The summed E-state index contributed by atoms with van der Waals surface area (Å²) in [6.45, 7) is 12.7. The van der Waals surface area contributed by atoms with Crippen molar-refractivity contribution in [2.24, 2.45) is 0 Å². The van der Waals surface area contributed by atoms with E-state index in [0.717, 1.165) is 39.3 Å². The Morgan fingerprint density at radius 2 is 1.18 bits per heavy atom. The van der Waals surface area contributed by atoms with Crippen LogP contribution in [0, 0.1) is 0 Å². The molecule has 0 bridgehead atoms. The van der Waals surface area contributed by atoms with Crippen molar-refractivity contribution in [2.75, 3.05) is 61.8 Å². The van der Waals surface area contributed by atoms with Gasteiger partial charge in [0.1, 0.15) is 0 Å². The van der Waals surface area contributed by atoms with Crippen LogP contribution in [0.5, 0.6) is 0 Å². The quantitative estimate of drug-likeness (QED) is 0.247. The standard InChI is InChI=1S/C19H24N2S.C6H12Cl3N.2ClH/c1-4-20(5-2)15(3)14-21-16-10-6-8-12-18(16)22-19-13-9-7-11-17(19)21;7-1-4-10(5-2-8)6-3-9;;/h6-13,15H,4-5,14H2,1-3H3;1-6H2;2*1H. The molecular formula is C25H38Cl5N3S. The number of para-hydroxylation sites is 2. The van der Waals surface area contributed by atoms with Crippen molar-refractivity contribution in [3.8, 4) is 0 Å². The molecule has 2 aromatic carbocycles. The van der Waals surface area contributed by atoms with Crippen molar-refractivity contribution < 1.29 is 0 Å². The smallest absolute Gasteiger partial charge is 0.0553 e.